The van der Waals surface area contributed by atoms with Gasteiger partial charge in [-0.25, -0.2) is 18.5 Å². The third-order valence-corrected chi connectivity index (χ3v) is 1.65. The predicted molar refractivity (Wildman–Crippen MR) is 40.4 cm³/mol. The van der Waals surface area contributed by atoms with Crippen LogP contribution in [0.2, 0.25) is 0 Å². The molecule has 0 atom stereocenters. The topological polar surface area (TPSA) is 60.3 Å². The number of sulfonamides is 1. The van der Waals surface area contributed by atoms with Gasteiger partial charge in [0.25, 0.3) is 0 Å². The highest BCUT2D eigenvalue weighted by atomic mass is 32.2. The molecular weight excluding hydrogens is 152 g/mol. The van der Waals surface area contributed by atoms with E-state index in [1.165, 1.54) is 0 Å². The molecule has 0 aromatic rings. The van der Waals surface area contributed by atoms with E-state index in [-0.39, 0.29) is 0 Å². The molecular formula is C5H13N2O2S. The molecule has 0 aliphatic carbocycles. The maximum absolute atomic E-state index is 10.5. The van der Waals surface area contributed by atoms with Gasteiger partial charge in [-0.3, -0.25) is 0 Å². The molecule has 10 heavy (non-hydrogen) atoms. The fourth-order valence-corrected chi connectivity index (χ4v) is 1.01. The van der Waals surface area contributed by atoms with E-state index in [1.54, 1.807) is 7.05 Å². The molecule has 0 aliphatic heterocycles. The normalized spacial score (nSPS) is 11.8. The van der Waals surface area contributed by atoms with Crippen LogP contribution in [0.15, 0.2) is 0 Å². The Morgan fingerprint density at radius 1 is 1.50 bits per heavy atom. The molecule has 1 radical (unpaired) electrons. The van der Waals surface area contributed by atoms with Crippen molar-refractivity contribution < 1.29 is 8.42 Å². The number of rotatable bonds is 5. The summed E-state index contributed by atoms with van der Waals surface area (Å²) >= 11 is 0. The van der Waals surface area contributed by atoms with Gasteiger partial charge in [0.1, 0.15) is 0 Å². The van der Waals surface area contributed by atoms with Crippen LogP contribution in [0.5, 0.6) is 0 Å². The van der Waals surface area contributed by atoms with E-state index in [0.717, 1.165) is 12.7 Å². The van der Waals surface area contributed by atoms with Crippen LogP contribution < -0.4 is 10.0 Å². The lowest BCUT2D eigenvalue weighted by molar-refractivity contribution is 0.583. The number of hydrogen-bond acceptors (Lipinski definition) is 2. The lowest BCUT2D eigenvalue weighted by Crippen LogP contribution is -2.24. The number of nitrogens with zero attached hydrogens (tertiary/aromatic N) is 1. The average molecular weight is 165 g/mol. The maximum atomic E-state index is 10.5. The van der Waals surface area contributed by atoms with Gasteiger partial charge in [-0.2, -0.15) is 0 Å². The molecule has 0 aromatic heterocycles. The highest BCUT2D eigenvalue weighted by Gasteiger charge is 1.96. The molecule has 0 saturated carbocycles. The third-order valence-electron chi connectivity index (χ3n) is 0.923. The Labute approximate surface area is 62.1 Å². The van der Waals surface area contributed by atoms with E-state index in [9.17, 15) is 8.42 Å². The molecule has 0 aromatic carbocycles. The highest BCUT2D eigenvalue weighted by molar-refractivity contribution is 7.88. The van der Waals surface area contributed by atoms with Crippen LogP contribution in [0.3, 0.4) is 0 Å². The SMILES string of the molecule is C[N]CCCNS(C)(=O)=O. The summed E-state index contributed by atoms with van der Waals surface area (Å²) in [5, 5.41) is 3.82. The fraction of sp³-hybridized carbons (Fsp3) is 1.00. The van der Waals surface area contributed by atoms with Crippen LogP contribution in [0.1, 0.15) is 6.42 Å². The van der Waals surface area contributed by atoms with Gasteiger partial charge >= 0.3 is 0 Å². The van der Waals surface area contributed by atoms with Crippen molar-refractivity contribution in [3.63, 3.8) is 0 Å². The molecule has 61 valence electrons. The minimum atomic E-state index is -3.00. The van der Waals surface area contributed by atoms with Crippen LogP contribution in [0.25, 0.3) is 0 Å². The Balaban J connectivity index is 3.21. The van der Waals surface area contributed by atoms with E-state index in [1.807, 2.05) is 0 Å². The van der Waals surface area contributed by atoms with Crippen molar-refractivity contribution in [2.75, 3.05) is 26.4 Å². The molecule has 4 nitrogen and oxygen atoms in total. The summed E-state index contributed by atoms with van der Waals surface area (Å²) in [5.41, 5.74) is 0. The molecule has 0 amide bonds. The smallest absolute Gasteiger partial charge is 0.208 e. The fourth-order valence-electron chi connectivity index (χ4n) is 0.495. The van der Waals surface area contributed by atoms with E-state index in [0.29, 0.717) is 13.1 Å². The molecule has 1 N–H and O–H groups in total. The molecule has 0 heterocycles. The quantitative estimate of drug-likeness (QED) is 0.540. The molecule has 0 unspecified atom stereocenters. The first-order valence-corrected chi connectivity index (χ1v) is 4.95. The summed E-state index contributed by atoms with van der Waals surface area (Å²) in [6.45, 7) is 1.19. The molecule has 0 bridgehead atoms. The Morgan fingerprint density at radius 3 is 2.50 bits per heavy atom. The van der Waals surface area contributed by atoms with Crippen LogP contribution >= 0.6 is 0 Å². The van der Waals surface area contributed by atoms with Gasteiger partial charge in [0.05, 0.1) is 6.26 Å². The predicted octanol–water partition coefficient (Wildman–Crippen LogP) is -0.840. The van der Waals surface area contributed by atoms with Gasteiger partial charge in [0.2, 0.25) is 10.0 Å². The standard InChI is InChI=1S/C5H13N2O2S/c1-6-4-3-5-7-10(2,8)9/h7H,3-5H2,1-2H3. The first-order chi connectivity index (χ1) is 4.56. The molecule has 0 spiro atoms. The van der Waals surface area contributed by atoms with Crippen molar-refractivity contribution in [3.8, 4) is 0 Å². The van der Waals surface area contributed by atoms with Crippen molar-refractivity contribution in [1.29, 1.82) is 0 Å². The zero-order valence-corrected chi connectivity index (χ0v) is 7.11. The van der Waals surface area contributed by atoms with Crippen LogP contribution in [0, 0.1) is 0 Å². The van der Waals surface area contributed by atoms with Crippen molar-refractivity contribution in [3.05, 3.63) is 0 Å². The molecule has 0 rings (SSSR count). The van der Waals surface area contributed by atoms with Gasteiger partial charge < -0.3 is 0 Å². The lowest BCUT2D eigenvalue weighted by atomic mass is 10.4. The minimum absolute atomic E-state index is 0.482. The molecule has 0 fully saturated rings. The Hall–Kier alpha value is -0.130. The first-order valence-electron chi connectivity index (χ1n) is 3.06. The monoisotopic (exact) mass is 165 g/mol. The van der Waals surface area contributed by atoms with E-state index >= 15 is 0 Å². The maximum Gasteiger partial charge on any atom is 0.208 e. The van der Waals surface area contributed by atoms with Gasteiger partial charge in [-0.15, -0.1) is 0 Å². The second-order valence-electron chi connectivity index (χ2n) is 2.06. The molecule has 0 saturated heterocycles. The Kier molecular flexibility index (Phi) is 4.59. The summed E-state index contributed by atoms with van der Waals surface area (Å²) in [7, 11) is -1.29. The van der Waals surface area contributed by atoms with Crippen LogP contribution in [0.4, 0.5) is 0 Å². The average Bonchev–Trinajstić information content (AvgIpc) is 1.78. The summed E-state index contributed by atoms with van der Waals surface area (Å²) in [6.07, 6.45) is 1.92. The highest BCUT2D eigenvalue weighted by Crippen LogP contribution is 1.77. The zero-order chi connectivity index (χ0) is 8.04. The molecule has 0 aliphatic rings. The van der Waals surface area contributed by atoms with Crippen molar-refractivity contribution >= 4 is 10.0 Å². The van der Waals surface area contributed by atoms with E-state index in [2.05, 4.69) is 10.0 Å². The van der Waals surface area contributed by atoms with Crippen LogP contribution in [-0.4, -0.2) is 34.8 Å². The number of nitrogens with one attached hydrogen (secondary N) is 1. The number of hydrogen-bond donors (Lipinski definition) is 1. The lowest BCUT2D eigenvalue weighted by Gasteiger charge is -1.99. The Morgan fingerprint density at radius 2 is 2.10 bits per heavy atom. The van der Waals surface area contributed by atoms with Gasteiger partial charge in [-0.05, 0) is 6.42 Å². The second kappa shape index (κ2) is 4.65. The summed E-state index contributed by atoms with van der Waals surface area (Å²) in [6, 6.07) is 0. The second-order valence-corrected chi connectivity index (χ2v) is 3.89. The minimum Gasteiger partial charge on any atom is -0.245 e. The van der Waals surface area contributed by atoms with E-state index in [4.69, 9.17) is 0 Å². The zero-order valence-electron chi connectivity index (χ0n) is 6.29. The third kappa shape index (κ3) is 7.87. The summed E-state index contributed by atoms with van der Waals surface area (Å²) in [4.78, 5) is 0. The summed E-state index contributed by atoms with van der Waals surface area (Å²) in [5.74, 6) is 0. The summed E-state index contributed by atoms with van der Waals surface area (Å²) < 4.78 is 23.3. The van der Waals surface area contributed by atoms with E-state index < -0.39 is 10.0 Å². The van der Waals surface area contributed by atoms with Gasteiger partial charge in [0, 0.05) is 20.1 Å². The first kappa shape index (κ1) is 9.87. The molecule has 5 heteroatoms. The van der Waals surface area contributed by atoms with Crippen molar-refractivity contribution in [2.24, 2.45) is 0 Å². The van der Waals surface area contributed by atoms with Gasteiger partial charge in [0.15, 0.2) is 0 Å². The van der Waals surface area contributed by atoms with Crippen molar-refractivity contribution in [1.82, 2.24) is 10.0 Å². The largest absolute Gasteiger partial charge is 0.245 e. The van der Waals surface area contributed by atoms with Gasteiger partial charge in [-0.1, -0.05) is 0 Å². The van der Waals surface area contributed by atoms with Crippen molar-refractivity contribution in [2.45, 2.75) is 6.42 Å². The Bertz CT molecular complexity index is 164. The van der Waals surface area contributed by atoms with Crippen LogP contribution in [-0.2, 0) is 10.0 Å².